The third-order valence-electron chi connectivity index (χ3n) is 5.97. The summed E-state index contributed by atoms with van der Waals surface area (Å²) in [5, 5.41) is 6.27. The van der Waals surface area contributed by atoms with Gasteiger partial charge in [0.1, 0.15) is 5.82 Å². The zero-order valence-electron chi connectivity index (χ0n) is 20.0. The maximum Gasteiger partial charge on any atom is 0.326 e. The molecule has 0 fully saturated rings. The van der Waals surface area contributed by atoms with Crippen LogP contribution in [0, 0.1) is 0 Å². The molecule has 2 aromatic carbocycles. The number of rotatable bonds is 6. The number of anilines is 3. The zero-order valence-corrected chi connectivity index (χ0v) is 22.4. The van der Waals surface area contributed by atoms with Crippen LogP contribution in [0.15, 0.2) is 101 Å². The van der Waals surface area contributed by atoms with Gasteiger partial charge in [-0.1, -0.05) is 61.0 Å². The lowest BCUT2D eigenvalue weighted by molar-refractivity contribution is -0.115. The highest BCUT2D eigenvalue weighted by Gasteiger charge is 2.36. The topological polar surface area (TPSA) is 74.3 Å². The van der Waals surface area contributed by atoms with Gasteiger partial charge in [-0.25, -0.2) is 9.78 Å². The van der Waals surface area contributed by atoms with E-state index in [0.717, 1.165) is 15.5 Å². The van der Waals surface area contributed by atoms with Crippen LogP contribution in [0.2, 0.25) is 5.02 Å². The second kappa shape index (κ2) is 11.5. The molecule has 3 amide bonds. The molecule has 0 spiro atoms. The molecule has 1 aliphatic carbocycles. The van der Waals surface area contributed by atoms with Crippen molar-refractivity contribution in [3.8, 4) is 0 Å². The Hall–Kier alpha value is -3.20. The number of urea groups is 1. The fraction of sp³-hybridized carbons (Fsp3) is 0.179. The number of para-hydroxylation sites is 1. The predicted octanol–water partition coefficient (Wildman–Crippen LogP) is 7.25. The molecule has 0 radical (unpaired) electrons. The molecule has 6 nitrogen and oxygen atoms in total. The van der Waals surface area contributed by atoms with Crippen molar-refractivity contribution in [2.24, 2.45) is 0 Å². The number of allylic oxidation sites excluding steroid dienone is 2. The van der Waals surface area contributed by atoms with Crippen molar-refractivity contribution in [2.45, 2.75) is 39.7 Å². The monoisotopic (exact) mass is 548 g/mol. The number of hydrogen-bond donors (Lipinski definition) is 2. The van der Waals surface area contributed by atoms with Gasteiger partial charge in [0.25, 0.3) is 0 Å². The van der Waals surface area contributed by atoms with E-state index in [9.17, 15) is 9.59 Å². The van der Waals surface area contributed by atoms with Gasteiger partial charge in [-0.15, -0.1) is 23.5 Å². The molecule has 0 saturated carbocycles. The Morgan fingerprint density at radius 2 is 1.92 bits per heavy atom. The van der Waals surface area contributed by atoms with Crippen LogP contribution in [0.5, 0.6) is 0 Å². The van der Waals surface area contributed by atoms with E-state index in [0.29, 0.717) is 22.9 Å². The Kier molecular flexibility index (Phi) is 7.88. The molecule has 3 aromatic rings. The summed E-state index contributed by atoms with van der Waals surface area (Å²) in [7, 11) is 0. The number of pyridine rings is 1. The van der Waals surface area contributed by atoms with Crippen LogP contribution in [0.4, 0.5) is 22.0 Å². The van der Waals surface area contributed by atoms with Gasteiger partial charge in [0.05, 0.1) is 27.3 Å². The van der Waals surface area contributed by atoms with E-state index in [2.05, 4.69) is 33.8 Å². The third-order valence-corrected chi connectivity index (χ3v) is 8.86. The minimum atomic E-state index is -0.325. The fourth-order valence-electron chi connectivity index (χ4n) is 4.20. The SMILES string of the molecule is CCC(Sc1cccc(NC(=O)N2c3ccccc3SC3C=CC=CC32)c1)C(=O)Nc1ccc(Cl)cn1. The lowest BCUT2D eigenvalue weighted by atomic mass is 10.1. The number of aromatic nitrogens is 1. The van der Waals surface area contributed by atoms with Crippen LogP contribution in [-0.4, -0.2) is 33.5 Å². The van der Waals surface area contributed by atoms with Crippen molar-refractivity contribution in [1.29, 1.82) is 0 Å². The van der Waals surface area contributed by atoms with Gasteiger partial charge in [0, 0.05) is 21.7 Å². The number of carbonyl (C=O) groups excluding carboxylic acids is 2. The number of nitrogens with one attached hydrogen (secondary N) is 2. The number of nitrogens with zero attached hydrogens (tertiary/aromatic N) is 2. The van der Waals surface area contributed by atoms with Gasteiger partial charge < -0.3 is 10.6 Å². The number of amides is 3. The molecule has 0 saturated heterocycles. The Balaban J connectivity index is 1.30. The number of fused-ring (bicyclic) bond motifs is 2. The van der Waals surface area contributed by atoms with Crippen LogP contribution in [0.3, 0.4) is 0 Å². The van der Waals surface area contributed by atoms with Crippen molar-refractivity contribution in [3.63, 3.8) is 0 Å². The molecule has 3 atom stereocenters. The summed E-state index contributed by atoms with van der Waals surface area (Å²) in [4.78, 5) is 34.4. The Bertz CT molecular complexity index is 1360. The molecule has 188 valence electrons. The first-order valence-corrected chi connectivity index (χ1v) is 14.1. The second-order valence-corrected chi connectivity index (χ2v) is 11.4. The Morgan fingerprint density at radius 3 is 2.73 bits per heavy atom. The van der Waals surface area contributed by atoms with Gasteiger partial charge in [0.2, 0.25) is 5.91 Å². The highest BCUT2D eigenvalue weighted by Crippen LogP contribution is 2.43. The highest BCUT2D eigenvalue weighted by atomic mass is 35.5. The normalized spacial score (nSPS) is 18.5. The van der Waals surface area contributed by atoms with Crippen molar-refractivity contribution < 1.29 is 9.59 Å². The van der Waals surface area contributed by atoms with E-state index in [1.54, 1.807) is 23.9 Å². The number of carbonyl (C=O) groups is 2. The van der Waals surface area contributed by atoms with E-state index in [4.69, 9.17) is 11.6 Å². The van der Waals surface area contributed by atoms with Crippen molar-refractivity contribution in [3.05, 3.63) is 96.2 Å². The first kappa shape index (κ1) is 25.4. The molecule has 2 aliphatic rings. The molecule has 3 unspecified atom stereocenters. The lowest BCUT2D eigenvalue weighted by Gasteiger charge is -2.40. The van der Waals surface area contributed by atoms with E-state index in [-0.39, 0.29) is 28.5 Å². The third kappa shape index (κ3) is 5.87. The van der Waals surface area contributed by atoms with Gasteiger partial charge in [-0.3, -0.25) is 9.69 Å². The minimum Gasteiger partial charge on any atom is -0.310 e. The van der Waals surface area contributed by atoms with Crippen molar-refractivity contribution >= 4 is 64.3 Å². The van der Waals surface area contributed by atoms with Crippen LogP contribution in [-0.2, 0) is 4.79 Å². The number of thioether (sulfide) groups is 2. The van der Waals surface area contributed by atoms with Crippen LogP contribution in [0.25, 0.3) is 0 Å². The van der Waals surface area contributed by atoms with Crippen LogP contribution >= 0.6 is 35.1 Å². The first-order chi connectivity index (χ1) is 18.0. The minimum absolute atomic E-state index is 0.0721. The average molecular weight is 549 g/mol. The molecule has 37 heavy (non-hydrogen) atoms. The molecule has 1 aliphatic heterocycles. The number of hydrogen-bond acceptors (Lipinski definition) is 5. The maximum absolute atomic E-state index is 13.6. The standard InChI is InChI=1S/C28H25ClN4O2S2/c1-2-23(27(34)32-26-15-14-18(29)17-30-26)36-20-9-7-8-19(16-20)31-28(35)33-21-10-3-5-12-24(21)37-25-13-6-4-11-22(25)33/h3-17,21,23-24H,2H2,1H3,(H,31,35)(H,30,32,34). The fourth-order valence-corrected chi connectivity index (χ4v) is 6.58. The molecule has 0 bridgehead atoms. The lowest BCUT2D eigenvalue weighted by Crippen LogP contribution is -2.49. The quantitative estimate of drug-likeness (QED) is 0.317. The highest BCUT2D eigenvalue weighted by molar-refractivity contribution is 8.00. The largest absolute Gasteiger partial charge is 0.326 e. The second-order valence-electron chi connectivity index (χ2n) is 8.50. The molecule has 2 N–H and O–H groups in total. The summed E-state index contributed by atoms with van der Waals surface area (Å²) in [6.45, 7) is 1.96. The maximum atomic E-state index is 13.6. The Labute approximate surface area is 229 Å². The predicted molar refractivity (Wildman–Crippen MR) is 154 cm³/mol. The molecule has 5 rings (SSSR count). The summed E-state index contributed by atoms with van der Waals surface area (Å²) >= 11 is 9.11. The molecular weight excluding hydrogens is 524 g/mol. The zero-order chi connectivity index (χ0) is 25.8. The van der Waals surface area contributed by atoms with Crippen LogP contribution < -0.4 is 15.5 Å². The summed E-state index contributed by atoms with van der Waals surface area (Å²) in [6, 6.07) is 18.7. The van der Waals surface area contributed by atoms with E-state index >= 15 is 0 Å². The van der Waals surface area contributed by atoms with Gasteiger partial charge in [-0.2, -0.15) is 0 Å². The van der Waals surface area contributed by atoms with Gasteiger partial charge in [0.15, 0.2) is 0 Å². The average Bonchev–Trinajstić information content (AvgIpc) is 2.91. The summed E-state index contributed by atoms with van der Waals surface area (Å²) in [5.41, 5.74) is 1.57. The van der Waals surface area contributed by atoms with E-state index < -0.39 is 0 Å². The van der Waals surface area contributed by atoms with E-state index in [1.165, 1.54) is 18.0 Å². The van der Waals surface area contributed by atoms with Gasteiger partial charge >= 0.3 is 6.03 Å². The summed E-state index contributed by atoms with van der Waals surface area (Å²) < 4.78 is 0. The van der Waals surface area contributed by atoms with Gasteiger partial charge in [-0.05, 0) is 48.9 Å². The Morgan fingerprint density at radius 1 is 1.08 bits per heavy atom. The van der Waals surface area contributed by atoms with Crippen LogP contribution in [0.1, 0.15) is 13.3 Å². The number of halogens is 1. The van der Waals surface area contributed by atoms with Crippen molar-refractivity contribution in [1.82, 2.24) is 4.98 Å². The van der Waals surface area contributed by atoms with Crippen molar-refractivity contribution in [2.75, 3.05) is 15.5 Å². The first-order valence-electron chi connectivity index (χ1n) is 11.9. The smallest absolute Gasteiger partial charge is 0.310 e. The summed E-state index contributed by atoms with van der Waals surface area (Å²) in [5.74, 6) is 0.321. The number of benzene rings is 2. The molecule has 1 aromatic heterocycles. The molecular formula is C28H25ClN4O2S2. The summed E-state index contributed by atoms with van der Waals surface area (Å²) in [6.07, 6.45) is 10.4. The molecule has 9 heteroatoms. The van der Waals surface area contributed by atoms with E-state index in [1.807, 2.05) is 66.4 Å². The molecule has 2 heterocycles.